The van der Waals surface area contributed by atoms with Gasteiger partial charge >= 0.3 is 5.97 Å². The molecule has 2 radical (unpaired) electrons. The van der Waals surface area contributed by atoms with Crippen LogP contribution in [0.2, 0.25) is 0 Å². The number of piperidine rings is 1. The molecule has 5 rings (SSSR count). The summed E-state index contributed by atoms with van der Waals surface area (Å²) in [6.45, 7) is 6.57. The lowest BCUT2D eigenvalue weighted by molar-refractivity contribution is 0.0601. The molecule has 190 valence electrons. The number of benzene rings is 2. The van der Waals surface area contributed by atoms with Crippen molar-refractivity contribution in [3.05, 3.63) is 59.2 Å². The largest absolute Gasteiger partial charge is 0.465 e. The summed E-state index contributed by atoms with van der Waals surface area (Å²) in [5, 5.41) is 1.04. The Hall–Kier alpha value is -3.19. The molecule has 2 aliphatic heterocycles. The van der Waals surface area contributed by atoms with Crippen LogP contribution in [0, 0.1) is 5.92 Å². The van der Waals surface area contributed by atoms with Gasteiger partial charge in [-0.15, -0.1) is 0 Å². The van der Waals surface area contributed by atoms with Gasteiger partial charge in [0.2, 0.25) is 0 Å². The summed E-state index contributed by atoms with van der Waals surface area (Å²) in [5.41, 5.74) is 6.54. The molecule has 3 heterocycles. The van der Waals surface area contributed by atoms with Crippen molar-refractivity contribution in [1.82, 2.24) is 9.88 Å². The van der Waals surface area contributed by atoms with Gasteiger partial charge < -0.3 is 14.6 Å². The van der Waals surface area contributed by atoms with Crippen LogP contribution < -0.4 is 5.46 Å². The van der Waals surface area contributed by atoms with Gasteiger partial charge in [-0.2, -0.15) is 0 Å². The molecular weight excluding hydrogens is 459 g/mol. The Balaban J connectivity index is 1.48. The predicted octanol–water partition coefficient (Wildman–Crippen LogP) is 4.77. The highest BCUT2D eigenvalue weighted by molar-refractivity contribution is 6.32. The highest BCUT2D eigenvalue weighted by Gasteiger charge is 2.27. The van der Waals surface area contributed by atoms with Gasteiger partial charge in [-0.05, 0) is 63.0 Å². The van der Waals surface area contributed by atoms with E-state index in [0.29, 0.717) is 5.56 Å². The van der Waals surface area contributed by atoms with E-state index in [4.69, 9.17) is 22.6 Å². The number of hydrogen-bond acceptors (Lipinski definition) is 5. The van der Waals surface area contributed by atoms with E-state index in [2.05, 4.69) is 22.9 Å². The minimum absolute atomic E-state index is 0.218. The first-order valence-corrected chi connectivity index (χ1v) is 13.4. The maximum Gasteiger partial charge on any atom is 0.337 e. The van der Waals surface area contributed by atoms with Crippen molar-refractivity contribution < 1.29 is 9.53 Å². The lowest BCUT2D eigenvalue weighted by atomic mass is 9.90. The molecule has 37 heavy (non-hydrogen) atoms. The minimum Gasteiger partial charge on any atom is -0.465 e. The van der Waals surface area contributed by atoms with Gasteiger partial charge in [0.1, 0.15) is 13.7 Å². The van der Waals surface area contributed by atoms with E-state index in [1.54, 1.807) is 0 Å². The highest BCUT2D eigenvalue weighted by Crippen LogP contribution is 2.35. The average Bonchev–Trinajstić information content (AvgIpc) is 3.19. The van der Waals surface area contributed by atoms with Crippen LogP contribution in [0.1, 0.15) is 60.5 Å². The van der Waals surface area contributed by atoms with E-state index in [1.165, 1.54) is 39.5 Å². The number of rotatable bonds is 7. The number of ether oxygens (including phenoxy) is 1. The normalized spacial score (nSPS) is 19.5. The van der Waals surface area contributed by atoms with Gasteiger partial charge in [-0.25, -0.2) is 9.79 Å². The number of fused-ring (bicyclic) bond motifs is 3. The fourth-order valence-electron chi connectivity index (χ4n) is 5.63. The molecule has 1 saturated heterocycles. The number of likely N-dealkylation sites (tertiary alicyclic amines) is 1. The molecule has 1 unspecified atom stereocenters. The number of H-pyrrole nitrogens is 1. The number of methoxy groups -OCH3 is 1. The fraction of sp³-hybridized carbons (Fsp3) is 0.433. The van der Waals surface area contributed by atoms with Gasteiger partial charge in [0, 0.05) is 46.8 Å². The zero-order valence-corrected chi connectivity index (χ0v) is 21.9. The average molecular weight is 494 g/mol. The second kappa shape index (κ2) is 11.5. The third-order valence-electron chi connectivity index (χ3n) is 7.46. The number of carbonyl (C=O) groups excluding carboxylic acids is 1. The van der Waals surface area contributed by atoms with Crippen LogP contribution in [-0.4, -0.2) is 68.4 Å². The molecule has 1 fully saturated rings. The van der Waals surface area contributed by atoms with Crippen molar-refractivity contribution in [3.63, 3.8) is 0 Å². The van der Waals surface area contributed by atoms with E-state index in [0.717, 1.165) is 77.1 Å². The lowest BCUT2D eigenvalue weighted by Gasteiger charge is -2.26. The first kappa shape index (κ1) is 25.5. The van der Waals surface area contributed by atoms with Crippen LogP contribution >= 0.6 is 0 Å². The smallest absolute Gasteiger partial charge is 0.337 e. The van der Waals surface area contributed by atoms with Crippen molar-refractivity contribution in [3.8, 4) is 0 Å². The van der Waals surface area contributed by atoms with Crippen molar-refractivity contribution in [2.24, 2.45) is 15.9 Å². The summed E-state index contributed by atoms with van der Waals surface area (Å²) < 4.78 is 4.94. The number of aliphatic imine (C=N–C) groups is 2. The number of carbonyl (C=O) groups is 1. The Bertz CT molecular complexity index is 1340. The SMILES string of the molecule is [B]c1cccc(CC2=Nc3[nH]c4cc(C(=O)OC)ccc4c3C(=NCCCN3CCCCC3)C(C)C2)c1. The van der Waals surface area contributed by atoms with Gasteiger partial charge in [-0.3, -0.25) is 4.99 Å². The summed E-state index contributed by atoms with van der Waals surface area (Å²) in [7, 11) is 7.44. The van der Waals surface area contributed by atoms with E-state index >= 15 is 0 Å². The standard InChI is InChI=1S/C30H35BN4O2/c1-20-16-24(18-21-8-6-9-23(31)17-21)33-29-27(25-11-10-22(30(36)37-2)19-26(25)34-29)28(20)32-12-7-15-35-13-4-3-5-14-35/h6,8-11,17,19-20,34H,3-5,7,12-16,18H2,1-2H3. The number of hydrogen-bond donors (Lipinski definition) is 1. The number of esters is 1. The van der Waals surface area contributed by atoms with Gasteiger partial charge in [-0.1, -0.05) is 49.1 Å². The lowest BCUT2D eigenvalue weighted by Crippen LogP contribution is -2.30. The molecule has 2 aromatic carbocycles. The first-order chi connectivity index (χ1) is 18.0. The number of aromatic nitrogens is 1. The summed E-state index contributed by atoms with van der Waals surface area (Å²) >= 11 is 0. The van der Waals surface area contributed by atoms with Crippen LogP contribution in [0.3, 0.4) is 0 Å². The van der Waals surface area contributed by atoms with Crippen LogP contribution in [0.25, 0.3) is 10.9 Å². The second-order valence-electron chi connectivity index (χ2n) is 10.3. The van der Waals surface area contributed by atoms with E-state index in [1.807, 2.05) is 36.4 Å². The quantitative estimate of drug-likeness (QED) is 0.292. The molecule has 1 atom stereocenters. The third-order valence-corrected chi connectivity index (χ3v) is 7.46. The van der Waals surface area contributed by atoms with E-state index < -0.39 is 0 Å². The second-order valence-corrected chi connectivity index (χ2v) is 10.3. The zero-order chi connectivity index (χ0) is 25.8. The van der Waals surface area contributed by atoms with E-state index in [9.17, 15) is 4.79 Å². The van der Waals surface area contributed by atoms with Crippen LogP contribution in [0.4, 0.5) is 5.82 Å². The molecule has 0 spiro atoms. The fourth-order valence-corrected chi connectivity index (χ4v) is 5.63. The first-order valence-electron chi connectivity index (χ1n) is 13.4. The Morgan fingerprint density at radius 2 is 2.03 bits per heavy atom. The minimum atomic E-state index is -0.350. The summed E-state index contributed by atoms with van der Waals surface area (Å²) in [6.07, 6.45) is 6.60. The molecule has 6 nitrogen and oxygen atoms in total. The van der Waals surface area contributed by atoms with Gasteiger partial charge in [0.05, 0.1) is 12.7 Å². The Kier molecular flexibility index (Phi) is 7.89. The van der Waals surface area contributed by atoms with Crippen LogP contribution in [-0.2, 0) is 11.2 Å². The summed E-state index contributed by atoms with van der Waals surface area (Å²) in [5.74, 6) is 0.683. The monoisotopic (exact) mass is 494 g/mol. The number of nitrogens with one attached hydrogen (secondary N) is 1. The van der Waals surface area contributed by atoms with Crippen LogP contribution in [0.5, 0.6) is 0 Å². The Morgan fingerprint density at radius 1 is 1.19 bits per heavy atom. The van der Waals surface area contributed by atoms with Gasteiger partial charge in [0.25, 0.3) is 0 Å². The molecule has 0 saturated carbocycles. The maximum atomic E-state index is 12.2. The maximum absolute atomic E-state index is 12.2. The molecule has 0 aliphatic carbocycles. The molecule has 7 heteroatoms. The molecule has 1 aromatic heterocycles. The number of aromatic amines is 1. The topological polar surface area (TPSA) is 70.0 Å². The Labute approximate surface area is 220 Å². The van der Waals surface area contributed by atoms with Crippen molar-refractivity contribution in [2.75, 3.05) is 33.3 Å². The molecule has 3 aromatic rings. The Morgan fingerprint density at radius 3 is 2.81 bits per heavy atom. The predicted molar refractivity (Wildman–Crippen MR) is 152 cm³/mol. The van der Waals surface area contributed by atoms with Gasteiger partial charge in [0.15, 0.2) is 0 Å². The van der Waals surface area contributed by atoms with Crippen molar-refractivity contribution in [2.45, 2.75) is 45.4 Å². The highest BCUT2D eigenvalue weighted by atomic mass is 16.5. The molecule has 1 N–H and O–H groups in total. The van der Waals surface area contributed by atoms with E-state index in [-0.39, 0.29) is 11.9 Å². The third kappa shape index (κ3) is 5.88. The van der Waals surface area contributed by atoms with Crippen LogP contribution in [0.15, 0.2) is 52.4 Å². The molecule has 0 bridgehead atoms. The molecule has 2 aliphatic rings. The van der Waals surface area contributed by atoms with Crippen molar-refractivity contribution in [1.29, 1.82) is 0 Å². The summed E-state index contributed by atoms with van der Waals surface area (Å²) in [4.78, 5) is 28.5. The zero-order valence-electron chi connectivity index (χ0n) is 21.9. The molecule has 0 amide bonds. The molecular formula is C30H35BN4O2. The van der Waals surface area contributed by atoms with Crippen molar-refractivity contribution >= 4 is 47.4 Å². The number of nitrogens with zero attached hydrogens (tertiary/aromatic N) is 3. The summed E-state index contributed by atoms with van der Waals surface area (Å²) in [6, 6.07) is 13.7.